The molecule has 0 aliphatic heterocycles. The molecule has 0 saturated heterocycles. The molecule has 0 bridgehead atoms. The lowest BCUT2D eigenvalue weighted by Gasteiger charge is -2.32. The molecule has 0 radical (unpaired) electrons. The first-order valence-electron chi connectivity index (χ1n) is 11.2. The minimum atomic E-state index is -0.342. The maximum absolute atomic E-state index is 9.86. The highest BCUT2D eigenvalue weighted by atomic mass is 16.3. The molecule has 0 aromatic heterocycles. The van der Waals surface area contributed by atoms with Crippen molar-refractivity contribution in [2.75, 3.05) is 0 Å². The third kappa shape index (κ3) is 5.59. The monoisotopic (exact) mass is 452 g/mol. The fraction of sp³-hybridized carbons (Fsp3) is 0.133. The third-order valence-corrected chi connectivity index (χ3v) is 6.15. The second-order valence-corrected chi connectivity index (χ2v) is 8.94. The van der Waals surface area contributed by atoms with Crippen molar-refractivity contribution in [2.24, 2.45) is 0 Å². The lowest BCUT2D eigenvalue weighted by Crippen LogP contribution is -2.25. The second kappa shape index (κ2) is 9.75. The summed E-state index contributed by atoms with van der Waals surface area (Å²) in [7, 11) is 0. The number of rotatable bonds is 7. The Morgan fingerprint density at radius 2 is 1.06 bits per heavy atom. The Labute approximate surface area is 199 Å². The number of phenolic OH excluding ortho intramolecular Hbond substituents is 4. The summed E-state index contributed by atoms with van der Waals surface area (Å²) < 4.78 is 0. The SMILES string of the molecule is CC(CC(=Cc1ccc(O)cc1)c1ccc(O)cc1)(Cc1ccc(O)cc1)c1ccc(O)cc1. The first-order valence-corrected chi connectivity index (χ1v) is 11.2. The van der Waals surface area contributed by atoms with Crippen LogP contribution in [0.4, 0.5) is 0 Å². The van der Waals surface area contributed by atoms with Crippen LogP contribution in [0.3, 0.4) is 0 Å². The number of aromatic hydroxyl groups is 4. The molecule has 0 amide bonds. The van der Waals surface area contributed by atoms with E-state index in [1.54, 1.807) is 48.5 Å². The molecule has 1 unspecified atom stereocenters. The van der Waals surface area contributed by atoms with E-state index in [4.69, 9.17) is 0 Å². The van der Waals surface area contributed by atoms with E-state index >= 15 is 0 Å². The number of phenols is 4. The lowest BCUT2D eigenvalue weighted by atomic mass is 9.71. The minimum Gasteiger partial charge on any atom is -0.508 e. The molecular formula is C30H28O4. The molecule has 0 fully saturated rings. The van der Waals surface area contributed by atoms with E-state index in [0.717, 1.165) is 27.8 Å². The summed E-state index contributed by atoms with van der Waals surface area (Å²) in [6.45, 7) is 2.19. The fourth-order valence-electron chi connectivity index (χ4n) is 4.30. The van der Waals surface area contributed by atoms with Gasteiger partial charge in [0.2, 0.25) is 0 Å². The van der Waals surface area contributed by atoms with Crippen molar-refractivity contribution in [1.82, 2.24) is 0 Å². The summed E-state index contributed by atoms with van der Waals surface area (Å²) in [6, 6.07) is 28.8. The van der Waals surface area contributed by atoms with Gasteiger partial charge in [0.25, 0.3) is 0 Å². The average Bonchev–Trinajstić information content (AvgIpc) is 2.82. The summed E-state index contributed by atoms with van der Waals surface area (Å²) in [6.07, 6.45) is 3.48. The number of hydrogen-bond donors (Lipinski definition) is 4. The topological polar surface area (TPSA) is 80.9 Å². The Morgan fingerprint density at radius 1 is 0.618 bits per heavy atom. The summed E-state index contributed by atoms with van der Waals surface area (Å²) >= 11 is 0. The highest BCUT2D eigenvalue weighted by molar-refractivity contribution is 5.82. The van der Waals surface area contributed by atoms with Crippen molar-refractivity contribution in [3.8, 4) is 23.0 Å². The molecular weight excluding hydrogens is 424 g/mol. The van der Waals surface area contributed by atoms with Crippen molar-refractivity contribution in [3.63, 3.8) is 0 Å². The van der Waals surface area contributed by atoms with Gasteiger partial charge in [-0.05, 0) is 89.2 Å². The van der Waals surface area contributed by atoms with Gasteiger partial charge in [0.15, 0.2) is 0 Å². The van der Waals surface area contributed by atoms with Crippen LogP contribution < -0.4 is 0 Å². The average molecular weight is 453 g/mol. The van der Waals surface area contributed by atoms with Gasteiger partial charge in [-0.3, -0.25) is 0 Å². The number of benzene rings is 4. The maximum atomic E-state index is 9.86. The molecule has 4 aromatic carbocycles. The van der Waals surface area contributed by atoms with E-state index in [1.807, 2.05) is 48.5 Å². The maximum Gasteiger partial charge on any atom is 0.115 e. The normalized spacial score (nSPS) is 13.4. The Morgan fingerprint density at radius 3 is 1.59 bits per heavy atom. The largest absolute Gasteiger partial charge is 0.508 e. The third-order valence-electron chi connectivity index (χ3n) is 6.15. The van der Waals surface area contributed by atoms with Crippen LogP contribution in [0.5, 0.6) is 23.0 Å². The van der Waals surface area contributed by atoms with E-state index in [9.17, 15) is 20.4 Å². The Balaban J connectivity index is 1.79. The van der Waals surface area contributed by atoms with Crippen LogP contribution in [-0.2, 0) is 11.8 Å². The molecule has 4 aromatic rings. The standard InChI is InChI=1S/C30H28O4/c1-30(25-8-16-29(34)17-9-25,19-22-4-12-27(32)13-5-22)20-24(23-6-14-28(33)15-7-23)18-21-2-10-26(31)11-3-21/h2-18,31-34H,19-20H2,1H3. The first-order chi connectivity index (χ1) is 16.3. The highest BCUT2D eigenvalue weighted by Crippen LogP contribution is 2.39. The van der Waals surface area contributed by atoms with E-state index in [0.29, 0.717) is 12.8 Å². The van der Waals surface area contributed by atoms with Crippen molar-refractivity contribution in [1.29, 1.82) is 0 Å². The lowest BCUT2D eigenvalue weighted by molar-refractivity contribution is 0.464. The van der Waals surface area contributed by atoms with Gasteiger partial charge in [0.1, 0.15) is 23.0 Å². The second-order valence-electron chi connectivity index (χ2n) is 8.94. The predicted molar refractivity (Wildman–Crippen MR) is 136 cm³/mol. The minimum absolute atomic E-state index is 0.207. The van der Waals surface area contributed by atoms with Crippen LogP contribution in [-0.4, -0.2) is 20.4 Å². The van der Waals surface area contributed by atoms with Gasteiger partial charge in [-0.2, -0.15) is 0 Å². The van der Waals surface area contributed by atoms with Crippen LogP contribution in [0.15, 0.2) is 97.1 Å². The predicted octanol–water partition coefficient (Wildman–Crippen LogP) is 6.64. The Hall–Kier alpha value is -4.18. The number of hydrogen-bond acceptors (Lipinski definition) is 4. The van der Waals surface area contributed by atoms with Gasteiger partial charge in [-0.25, -0.2) is 0 Å². The van der Waals surface area contributed by atoms with Crippen LogP contribution in [0.1, 0.15) is 35.6 Å². The Bertz CT molecular complexity index is 1260. The smallest absolute Gasteiger partial charge is 0.115 e. The van der Waals surface area contributed by atoms with Gasteiger partial charge in [0.05, 0.1) is 0 Å². The zero-order valence-corrected chi connectivity index (χ0v) is 19.0. The summed E-state index contributed by atoms with van der Waals surface area (Å²) in [5, 5.41) is 39.1. The molecule has 0 aliphatic carbocycles. The van der Waals surface area contributed by atoms with Crippen LogP contribution >= 0.6 is 0 Å². The van der Waals surface area contributed by atoms with Gasteiger partial charge < -0.3 is 20.4 Å². The molecule has 0 heterocycles. The van der Waals surface area contributed by atoms with Crippen molar-refractivity contribution in [3.05, 3.63) is 119 Å². The number of allylic oxidation sites excluding steroid dienone is 1. The molecule has 0 saturated carbocycles. The van der Waals surface area contributed by atoms with Gasteiger partial charge in [-0.1, -0.05) is 61.5 Å². The zero-order valence-electron chi connectivity index (χ0n) is 19.0. The summed E-state index contributed by atoms with van der Waals surface area (Å²) in [5.74, 6) is 0.865. The molecule has 4 rings (SSSR count). The van der Waals surface area contributed by atoms with Crippen LogP contribution in [0.25, 0.3) is 11.6 Å². The fourth-order valence-corrected chi connectivity index (χ4v) is 4.30. The van der Waals surface area contributed by atoms with Gasteiger partial charge in [0, 0.05) is 5.41 Å². The molecule has 1 atom stereocenters. The first kappa shape index (κ1) is 23.0. The highest BCUT2D eigenvalue weighted by Gasteiger charge is 2.29. The van der Waals surface area contributed by atoms with Crippen molar-refractivity contribution in [2.45, 2.75) is 25.2 Å². The van der Waals surface area contributed by atoms with E-state index < -0.39 is 0 Å². The Kier molecular flexibility index (Phi) is 6.60. The molecule has 4 nitrogen and oxygen atoms in total. The van der Waals surface area contributed by atoms with E-state index in [1.165, 1.54) is 0 Å². The molecule has 4 N–H and O–H groups in total. The molecule has 4 heteroatoms. The zero-order chi connectivity index (χ0) is 24.1. The summed E-state index contributed by atoms with van der Waals surface area (Å²) in [5.41, 5.74) is 4.84. The molecule has 34 heavy (non-hydrogen) atoms. The van der Waals surface area contributed by atoms with Crippen LogP contribution in [0.2, 0.25) is 0 Å². The van der Waals surface area contributed by atoms with E-state index in [2.05, 4.69) is 13.0 Å². The molecule has 0 spiro atoms. The van der Waals surface area contributed by atoms with Crippen LogP contribution in [0, 0.1) is 0 Å². The molecule has 172 valence electrons. The van der Waals surface area contributed by atoms with Gasteiger partial charge >= 0.3 is 0 Å². The van der Waals surface area contributed by atoms with E-state index in [-0.39, 0.29) is 28.4 Å². The quantitative estimate of drug-likeness (QED) is 0.237. The van der Waals surface area contributed by atoms with Gasteiger partial charge in [-0.15, -0.1) is 0 Å². The summed E-state index contributed by atoms with van der Waals surface area (Å²) in [4.78, 5) is 0. The van der Waals surface area contributed by atoms with Crippen molar-refractivity contribution < 1.29 is 20.4 Å². The molecule has 0 aliphatic rings. The van der Waals surface area contributed by atoms with Crippen molar-refractivity contribution >= 4 is 11.6 Å².